The van der Waals surface area contributed by atoms with E-state index < -0.39 is 0 Å². The molecule has 0 aliphatic carbocycles. The normalized spacial score (nSPS) is 10.9. The van der Waals surface area contributed by atoms with Crippen LogP contribution in [-0.2, 0) is 25.9 Å². The molecule has 2 aromatic rings. The Kier molecular flexibility index (Phi) is 5.24. The Bertz CT molecular complexity index is 547. The largest absolute Gasteiger partial charge is 0.311 e. The molecule has 0 saturated carbocycles. The zero-order chi connectivity index (χ0) is 14.4. The minimum absolute atomic E-state index is 0.691. The van der Waals surface area contributed by atoms with Crippen molar-refractivity contribution < 1.29 is 0 Å². The molecule has 5 heteroatoms. The molecule has 0 aromatic carbocycles. The van der Waals surface area contributed by atoms with Gasteiger partial charge in [0.1, 0.15) is 5.82 Å². The number of nitrogens with zero attached hydrogens (tertiary/aromatic N) is 4. The second kappa shape index (κ2) is 7.14. The Morgan fingerprint density at radius 3 is 2.55 bits per heavy atom. The lowest BCUT2D eigenvalue weighted by molar-refractivity contribution is 0.621. The molecule has 2 rings (SSSR count). The second-order valence-electron chi connectivity index (χ2n) is 4.71. The molecular formula is C15H23N5. The van der Waals surface area contributed by atoms with Crippen LogP contribution < -0.4 is 5.32 Å². The molecule has 0 spiro atoms. The van der Waals surface area contributed by atoms with Crippen LogP contribution in [-0.4, -0.2) is 26.3 Å². The zero-order valence-corrected chi connectivity index (χ0v) is 12.6. The average Bonchev–Trinajstić information content (AvgIpc) is 2.87. The minimum Gasteiger partial charge on any atom is -0.311 e. The van der Waals surface area contributed by atoms with E-state index in [1.165, 1.54) is 0 Å². The maximum atomic E-state index is 4.66. The summed E-state index contributed by atoms with van der Waals surface area (Å²) in [5.74, 6) is 1.94. The molecule has 0 bridgehead atoms. The van der Waals surface area contributed by atoms with Gasteiger partial charge in [0.15, 0.2) is 5.82 Å². The Morgan fingerprint density at radius 1 is 1.05 bits per heavy atom. The maximum absolute atomic E-state index is 4.66. The highest BCUT2D eigenvalue weighted by molar-refractivity contribution is 5.12. The Morgan fingerprint density at radius 2 is 1.85 bits per heavy atom. The lowest BCUT2D eigenvalue weighted by Gasteiger charge is -2.06. The predicted molar refractivity (Wildman–Crippen MR) is 79.5 cm³/mol. The van der Waals surface area contributed by atoms with Crippen molar-refractivity contribution in [2.45, 2.75) is 46.7 Å². The summed E-state index contributed by atoms with van der Waals surface area (Å²) in [6, 6.07) is 6.15. The third-order valence-electron chi connectivity index (χ3n) is 3.16. The lowest BCUT2D eigenvalue weighted by Crippen LogP contribution is -2.14. The number of rotatable bonds is 7. The minimum atomic E-state index is 0.691. The molecular weight excluding hydrogens is 250 g/mol. The topological polar surface area (TPSA) is 55.6 Å². The van der Waals surface area contributed by atoms with E-state index in [1.807, 2.05) is 16.8 Å². The Hall–Kier alpha value is -1.75. The highest BCUT2D eigenvalue weighted by atomic mass is 15.3. The van der Waals surface area contributed by atoms with E-state index in [-0.39, 0.29) is 0 Å². The zero-order valence-electron chi connectivity index (χ0n) is 12.6. The Labute approximate surface area is 120 Å². The van der Waals surface area contributed by atoms with Crippen LogP contribution in [0.1, 0.15) is 43.8 Å². The van der Waals surface area contributed by atoms with Crippen LogP contribution in [0.4, 0.5) is 0 Å². The molecule has 0 saturated heterocycles. The first-order valence-electron chi connectivity index (χ1n) is 7.34. The molecule has 0 atom stereocenters. The molecule has 20 heavy (non-hydrogen) atoms. The van der Waals surface area contributed by atoms with E-state index >= 15 is 0 Å². The lowest BCUT2D eigenvalue weighted by atomic mass is 10.3. The van der Waals surface area contributed by atoms with Gasteiger partial charge in [-0.05, 0) is 18.7 Å². The average molecular weight is 273 g/mol. The third kappa shape index (κ3) is 3.63. The summed E-state index contributed by atoms with van der Waals surface area (Å²) in [6.07, 6.45) is 1.76. The Balaban J connectivity index is 2.14. The van der Waals surface area contributed by atoms with Crippen LogP contribution in [0.25, 0.3) is 0 Å². The molecule has 0 unspecified atom stereocenters. The molecule has 1 N–H and O–H groups in total. The molecule has 0 fully saturated rings. The fourth-order valence-electron chi connectivity index (χ4n) is 2.09. The van der Waals surface area contributed by atoms with E-state index in [4.69, 9.17) is 0 Å². The number of pyridine rings is 1. The molecule has 2 heterocycles. The fourth-order valence-corrected chi connectivity index (χ4v) is 2.09. The molecule has 0 aliphatic rings. The van der Waals surface area contributed by atoms with Crippen molar-refractivity contribution >= 4 is 0 Å². The van der Waals surface area contributed by atoms with Gasteiger partial charge in [-0.3, -0.25) is 4.98 Å². The smallest absolute Gasteiger partial charge is 0.150 e. The van der Waals surface area contributed by atoms with Crippen LogP contribution in [0.15, 0.2) is 18.2 Å². The summed E-state index contributed by atoms with van der Waals surface area (Å²) in [5.41, 5.74) is 2.10. The first-order valence-corrected chi connectivity index (χ1v) is 7.34. The first kappa shape index (κ1) is 14.7. The van der Waals surface area contributed by atoms with Gasteiger partial charge in [0.2, 0.25) is 0 Å². The number of aromatic nitrogens is 4. The summed E-state index contributed by atoms with van der Waals surface area (Å²) in [4.78, 5) is 9.19. The van der Waals surface area contributed by atoms with Crippen molar-refractivity contribution in [2.75, 3.05) is 6.54 Å². The van der Waals surface area contributed by atoms with Crippen molar-refractivity contribution in [3.05, 3.63) is 41.2 Å². The van der Waals surface area contributed by atoms with Gasteiger partial charge in [0.05, 0.1) is 17.9 Å². The van der Waals surface area contributed by atoms with E-state index in [0.29, 0.717) is 6.54 Å². The SMILES string of the molecule is CCNCc1cccc(Cn2nc(CC)nc2CC)n1. The summed E-state index contributed by atoms with van der Waals surface area (Å²) >= 11 is 0. The van der Waals surface area contributed by atoms with Crippen LogP contribution in [0.5, 0.6) is 0 Å². The van der Waals surface area contributed by atoms with E-state index in [1.54, 1.807) is 0 Å². The standard InChI is InChI=1S/C15H23N5/c1-4-14-18-15(5-2)20(19-14)11-13-9-7-8-12(17-13)10-16-6-3/h7-9,16H,4-6,10-11H2,1-3H3. The van der Waals surface area contributed by atoms with Gasteiger partial charge in [0, 0.05) is 19.4 Å². The molecule has 0 radical (unpaired) electrons. The van der Waals surface area contributed by atoms with Crippen LogP contribution in [0.3, 0.4) is 0 Å². The summed E-state index contributed by atoms with van der Waals surface area (Å²) in [6.45, 7) is 8.73. The monoisotopic (exact) mass is 273 g/mol. The third-order valence-corrected chi connectivity index (χ3v) is 3.16. The van der Waals surface area contributed by atoms with Gasteiger partial charge in [-0.1, -0.05) is 26.8 Å². The van der Waals surface area contributed by atoms with Gasteiger partial charge in [-0.2, -0.15) is 5.10 Å². The van der Waals surface area contributed by atoms with Crippen molar-refractivity contribution in [2.24, 2.45) is 0 Å². The fraction of sp³-hybridized carbons (Fsp3) is 0.533. The number of nitrogens with one attached hydrogen (secondary N) is 1. The van der Waals surface area contributed by atoms with Gasteiger partial charge in [-0.25, -0.2) is 9.67 Å². The van der Waals surface area contributed by atoms with Gasteiger partial charge < -0.3 is 5.32 Å². The highest BCUT2D eigenvalue weighted by Crippen LogP contribution is 2.06. The van der Waals surface area contributed by atoms with Gasteiger partial charge in [0.25, 0.3) is 0 Å². The van der Waals surface area contributed by atoms with Gasteiger partial charge in [-0.15, -0.1) is 0 Å². The van der Waals surface area contributed by atoms with Gasteiger partial charge >= 0.3 is 0 Å². The van der Waals surface area contributed by atoms with Crippen molar-refractivity contribution in [3.8, 4) is 0 Å². The summed E-state index contributed by atoms with van der Waals surface area (Å²) < 4.78 is 1.97. The van der Waals surface area contributed by atoms with Crippen molar-refractivity contribution in [1.82, 2.24) is 25.1 Å². The summed E-state index contributed by atoms with van der Waals surface area (Å²) in [5, 5.41) is 7.83. The summed E-state index contributed by atoms with van der Waals surface area (Å²) in [7, 11) is 0. The quantitative estimate of drug-likeness (QED) is 0.838. The first-order chi connectivity index (χ1) is 9.76. The molecule has 2 aromatic heterocycles. The van der Waals surface area contributed by atoms with E-state index in [9.17, 15) is 0 Å². The molecule has 108 valence electrons. The van der Waals surface area contributed by atoms with Crippen LogP contribution in [0, 0.1) is 0 Å². The van der Waals surface area contributed by atoms with Crippen LogP contribution >= 0.6 is 0 Å². The number of hydrogen-bond donors (Lipinski definition) is 1. The van der Waals surface area contributed by atoms with Crippen LogP contribution in [0.2, 0.25) is 0 Å². The maximum Gasteiger partial charge on any atom is 0.150 e. The molecule has 5 nitrogen and oxygen atoms in total. The van der Waals surface area contributed by atoms with E-state index in [2.05, 4.69) is 47.2 Å². The molecule has 0 amide bonds. The van der Waals surface area contributed by atoms with E-state index in [0.717, 1.165) is 49.0 Å². The van der Waals surface area contributed by atoms with Crippen molar-refractivity contribution in [1.29, 1.82) is 0 Å². The number of aryl methyl sites for hydroxylation is 2. The highest BCUT2D eigenvalue weighted by Gasteiger charge is 2.08. The number of hydrogen-bond acceptors (Lipinski definition) is 4. The van der Waals surface area contributed by atoms with Crippen molar-refractivity contribution in [3.63, 3.8) is 0 Å². The second-order valence-corrected chi connectivity index (χ2v) is 4.71. The molecule has 0 aliphatic heterocycles. The predicted octanol–water partition coefficient (Wildman–Crippen LogP) is 1.96.